The third-order valence-corrected chi connectivity index (χ3v) is 4.65. The minimum absolute atomic E-state index is 0.191. The van der Waals surface area contributed by atoms with E-state index in [9.17, 15) is 0 Å². The molecule has 3 heteroatoms. The summed E-state index contributed by atoms with van der Waals surface area (Å²) in [6.07, 6.45) is 0. The molecule has 0 amide bonds. The largest absolute Gasteiger partial charge is 0.348 e. The first-order chi connectivity index (χ1) is 6.15. The van der Waals surface area contributed by atoms with Crippen LogP contribution < -0.4 is 4.90 Å². The average molecular weight is 305 g/mol. The van der Waals surface area contributed by atoms with Gasteiger partial charge in [-0.2, -0.15) is 0 Å². The highest BCUT2D eigenvalue weighted by molar-refractivity contribution is 14.1. The summed E-state index contributed by atoms with van der Waals surface area (Å²) in [6.45, 7) is 5.55. The van der Waals surface area contributed by atoms with Crippen LogP contribution in [0.3, 0.4) is 0 Å². The van der Waals surface area contributed by atoms with Gasteiger partial charge in [0.15, 0.2) is 0 Å². The van der Waals surface area contributed by atoms with Gasteiger partial charge in [0.1, 0.15) is 2.88 Å². The number of hydrogen-bond donors (Lipinski definition) is 0. The van der Waals surface area contributed by atoms with Crippen molar-refractivity contribution in [1.82, 2.24) is 0 Å². The number of benzene rings is 1. The first-order valence-electron chi connectivity index (χ1n) is 4.40. The highest BCUT2D eigenvalue weighted by atomic mass is 127. The maximum atomic E-state index is 2.51. The second-order valence-electron chi connectivity index (χ2n) is 3.18. The van der Waals surface area contributed by atoms with Crippen molar-refractivity contribution in [2.45, 2.75) is 21.6 Å². The van der Waals surface area contributed by atoms with E-state index in [4.69, 9.17) is 0 Å². The fraction of sp³-hybridized carbons (Fsp3) is 0.400. The Morgan fingerprint density at radius 1 is 1.46 bits per heavy atom. The Kier molecular flexibility index (Phi) is 2.49. The Labute approximate surface area is 97.0 Å². The molecule has 0 aromatic heterocycles. The van der Waals surface area contributed by atoms with Crippen LogP contribution in [-0.2, 0) is 0 Å². The van der Waals surface area contributed by atoms with E-state index in [-0.39, 0.29) is 2.88 Å². The van der Waals surface area contributed by atoms with Crippen LogP contribution in [0.1, 0.15) is 13.8 Å². The van der Waals surface area contributed by atoms with Gasteiger partial charge >= 0.3 is 0 Å². The molecular weight excluding hydrogens is 293 g/mol. The summed E-state index contributed by atoms with van der Waals surface area (Å²) in [4.78, 5) is 3.84. The monoisotopic (exact) mass is 305 g/mol. The summed E-state index contributed by atoms with van der Waals surface area (Å²) in [5.41, 5.74) is 1.38. The van der Waals surface area contributed by atoms with Gasteiger partial charge < -0.3 is 4.90 Å². The molecule has 0 spiro atoms. The third kappa shape index (κ3) is 1.56. The van der Waals surface area contributed by atoms with E-state index >= 15 is 0 Å². The number of halogens is 1. The lowest BCUT2D eigenvalue weighted by Crippen LogP contribution is -2.34. The molecule has 0 saturated carbocycles. The van der Waals surface area contributed by atoms with Gasteiger partial charge in [-0.25, -0.2) is 0 Å². The van der Waals surface area contributed by atoms with Gasteiger partial charge in [0.2, 0.25) is 0 Å². The second-order valence-corrected chi connectivity index (χ2v) is 7.46. The van der Waals surface area contributed by atoms with Crippen LogP contribution in [0.2, 0.25) is 0 Å². The van der Waals surface area contributed by atoms with Crippen molar-refractivity contribution in [3.63, 3.8) is 0 Å². The van der Waals surface area contributed by atoms with E-state index in [1.807, 2.05) is 11.8 Å². The van der Waals surface area contributed by atoms with E-state index in [0.29, 0.717) is 0 Å². The Morgan fingerprint density at radius 2 is 2.15 bits per heavy atom. The van der Waals surface area contributed by atoms with Crippen LogP contribution in [0, 0.1) is 0 Å². The molecule has 1 aromatic carbocycles. The molecule has 0 N–H and O–H groups in total. The summed E-state index contributed by atoms with van der Waals surface area (Å²) in [5.74, 6) is 0. The van der Waals surface area contributed by atoms with Gasteiger partial charge in [0.25, 0.3) is 0 Å². The molecule has 0 aliphatic carbocycles. The Balaban J connectivity index is 2.46. The second kappa shape index (κ2) is 3.35. The molecule has 70 valence electrons. The Hall–Kier alpha value is 0.1000. The van der Waals surface area contributed by atoms with Crippen molar-refractivity contribution >= 4 is 40.0 Å². The maximum absolute atomic E-state index is 2.51. The molecule has 1 heterocycles. The minimum Gasteiger partial charge on any atom is -0.348 e. The molecule has 1 aliphatic rings. The summed E-state index contributed by atoms with van der Waals surface area (Å²) >= 11 is 4.45. The summed E-state index contributed by atoms with van der Waals surface area (Å²) in [7, 11) is 0. The molecular formula is C10H12INS. The summed E-state index contributed by atoms with van der Waals surface area (Å²) < 4.78 is 0.191. The van der Waals surface area contributed by atoms with E-state index in [2.05, 4.69) is 65.6 Å². The lowest BCUT2D eigenvalue weighted by molar-refractivity contribution is 0.814. The molecule has 1 aromatic rings. The highest BCUT2D eigenvalue weighted by Crippen LogP contribution is 2.53. The van der Waals surface area contributed by atoms with Gasteiger partial charge in [-0.1, -0.05) is 23.9 Å². The van der Waals surface area contributed by atoms with Crippen LogP contribution in [0.15, 0.2) is 29.2 Å². The molecule has 13 heavy (non-hydrogen) atoms. The summed E-state index contributed by atoms with van der Waals surface area (Å²) in [5, 5.41) is 0. The average Bonchev–Trinajstić information content (AvgIpc) is 2.33. The molecule has 2 rings (SSSR count). The standard InChI is InChI=1S/C10H12INS/c1-3-12-8-6-4-5-7-9(8)13-10(12,2)11/h4-7H,3H2,1-2H3. The predicted molar refractivity (Wildman–Crippen MR) is 67.7 cm³/mol. The highest BCUT2D eigenvalue weighted by Gasteiger charge is 2.36. The van der Waals surface area contributed by atoms with Crippen LogP contribution >= 0.6 is 34.4 Å². The predicted octanol–water partition coefficient (Wildman–Crippen LogP) is 3.73. The van der Waals surface area contributed by atoms with Crippen molar-refractivity contribution < 1.29 is 0 Å². The number of hydrogen-bond acceptors (Lipinski definition) is 2. The van der Waals surface area contributed by atoms with Crippen LogP contribution in [-0.4, -0.2) is 9.42 Å². The number of alkyl halides is 1. The van der Waals surface area contributed by atoms with Crippen LogP contribution in [0.5, 0.6) is 0 Å². The normalized spacial score (nSPS) is 26.2. The Morgan fingerprint density at radius 3 is 2.85 bits per heavy atom. The van der Waals surface area contributed by atoms with Crippen molar-refractivity contribution in [1.29, 1.82) is 0 Å². The Bertz CT molecular complexity index is 324. The van der Waals surface area contributed by atoms with Gasteiger partial charge in [-0.05, 0) is 48.6 Å². The van der Waals surface area contributed by atoms with Crippen molar-refractivity contribution in [3.05, 3.63) is 24.3 Å². The maximum Gasteiger partial charge on any atom is 0.140 e. The fourth-order valence-electron chi connectivity index (χ4n) is 1.69. The van der Waals surface area contributed by atoms with Gasteiger partial charge in [-0.15, -0.1) is 0 Å². The molecule has 0 fully saturated rings. The van der Waals surface area contributed by atoms with Crippen molar-refractivity contribution in [2.24, 2.45) is 0 Å². The fourth-order valence-corrected chi connectivity index (χ4v) is 4.17. The number of anilines is 1. The molecule has 0 saturated heterocycles. The molecule has 1 unspecified atom stereocenters. The van der Waals surface area contributed by atoms with E-state index in [0.717, 1.165) is 6.54 Å². The van der Waals surface area contributed by atoms with Crippen molar-refractivity contribution in [2.75, 3.05) is 11.4 Å². The molecule has 1 aliphatic heterocycles. The number of nitrogens with zero attached hydrogens (tertiary/aromatic N) is 1. The molecule has 1 atom stereocenters. The summed E-state index contributed by atoms with van der Waals surface area (Å²) in [6, 6.07) is 8.63. The number of rotatable bonds is 1. The smallest absolute Gasteiger partial charge is 0.140 e. The lowest BCUT2D eigenvalue weighted by atomic mass is 10.3. The molecule has 0 radical (unpaired) electrons. The zero-order valence-electron chi connectivity index (χ0n) is 7.75. The van der Waals surface area contributed by atoms with Gasteiger partial charge in [0.05, 0.1) is 5.69 Å². The number of thioether (sulfide) groups is 1. The van der Waals surface area contributed by atoms with Gasteiger partial charge in [-0.3, -0.25) is 0 Å². The molecule has 0 bridgehead atoms. The number of fused-ring (bicyclic) bond motifs is 1. The first kappa shape index (κ1) is 9.65. The zero-order chi connectivity index (χ0) is 9.47. The lowest BCUT2D eigenvalue weighted by Gasteiger charge is -2.29. The van der Waals surface area contributed by atoms with E-state index in [1.54, 1.807) is 0 Å². The van der Waals surface area contributed by atoms with Crippen LogP contribution in [0.25, 0.3) is 0 Å². The SMILES string of the molecule is CCN1c2ccccc2SC1(C)I. The third-order valence-electron chi connectivity index (χ3n) is 2.25. The van der Waals surface area contributed by atoms with Crippen molar-refractivity contribution in [3.8, 4) is 0 Å². The molecule has 1 nitrogen and oxygen atoms in total. The first-order valence-corrected chi connectivity index (χ1v) is 6.29. The van der Waals surface area contributed by atoms with Crippen LogP contribution in [0.4, 0.5) is 5.69 Å². The van der Waals surface area contributed by atoms with Gasteiger partial charge in [0, 0.05) is 11.4 Å². The van der Waals surface area contributed by atoms with E-state index < -0.39 is 0 Å². The zero-order valence-corrected chi connectivity index (χ0v) is 10.7. The minimum atomic E-state index is 0.191. The number of para-hydroxylation sites is 1. The topological polar surface area (TPSA) is 3.24 Å². The van der Waals surface area contributed by atoms with E-state index in [1.165, 1.54) is 10.6 Å². The quantitative estimate of drug-likeness (QED) is 0.442.